The molecule has 0 atom stereocenters. The van der Waals surface area contributed by atoms with E-state index in [0.717, 1.165) is 0 Å². The fraction of sp³-hybridized carbons (Fsp3) is 0.429. The number of alkyl halides is 2. The molecule has 164 valence electrons. The zero-order chi connectivity index (χ0) is 22.0. The summed E-state index contributed by atoms with van der Waals surface area (Å²) in [5.41, 5.74) is 0.999. The Hall–Kier alpha value is -2.75. The molecule has 1 aliphatic carbocycles. The lowest BCUT2D eigenvalue weighted by Gasteiger charge is -2.27. The number of carbonyl (C=O) groups excluding carboxylic acids is 1. The Morgan fingerprint density at radius 1 is 1.16 bits per heavy atom. The minimum atomic E-state index is -2.77. The predicted molar refractivity (Wildman–Crippen MR) is 112 cm³/mol. The highest BCUT2D eigenvalue weighted by molar-refractivity contribution is 7.98. The lowest BCUT2D eigenvalue weighted by atomic mass is 9.87. The second-order valence-electron chi connectivity index (χ2n) is 7.26. The highest BCUT2D eigenvalue weighted by Gasteiger charge is 2.28. The summed E-state index contributed by atoms with van der Waals surface area (Å²) in [7, 11) is 1.39. The molecular weight excluding hydrogens is 426 g/mol. The smallest absolute Gasteiger partial charge is 0.308 e. The molecular formula is C21H22F2N4O3S. The van der Waals surface area contributed by atoms with Gasteiger partial charge in [-0.3, -0.25) is 9.36 Å². The number of carbonyl (C=O) groups is 1. The summed E-state index contributed by atoms with van der Waals surface area (Å²) in [5.74, 6) is -0.0932. The molecule has 10 heteroatoms. The number of benzene rings is 1. The second kappa shape index (κ2) is 9.17. The molecule has 1 saturated carbocycles. The van der Waals surface area contributed by atoms with Crippen molar-refractivity contribution in [2.24, 2.45) is 5.92 Å². The van der Waals surface area contributed by atoms with Crippen LogP contribution in [0.5, 0.6) is 5.88 Å². The van der Waals surface area contributed by atoms with Crippen molar-refractivity contribution >= 4 is 28.8 Å². The van der Waals surface area contributed by atoms with E-state index in [4.69, 9.17) is 9.47 Å². The largest absolute Gasteiger partial charge is 0.474 e. The number of hydrogen-bond donors (Lipinski definition) is 0. The molecule has 0 spiro atoms. The Kier molecular flexibility index (Phi) is 6.35. The Balaban J connectivity index is 1.65. The van der Waals surface area contributed by atoms with E-state index in [1.54, 1.807) is 30.3 Å². The summed E-state index contributed by atoms with van der Waals surface area (Å²) in [6, 6.07) is 8.49. The van der Waals surface area contributed by atoms with Gasteiger partial charge in [-0.05, 0) is 44.1 Å². The molecule has 0 unspecified atom stereocenters. The normalized spacial score (nSPS) is 19.0. The Labute approximate surface area is 182 Å². The molecule has 31 heavy (non-hydrogen) atoms. The van der Waals surface area contributed by atoms with Crippen LogP contribution in [-0.2, 0) is 9.53 Å². The van der Waals surface area contributed by atoms with Crippen LogP contribution in [0.2, 0.25) is 0 Å². The molecule has 3 aromatic rings. The summed E-state index contributed by atoms with van der Waals surface area (Å²) in [6.07, 6.45) is 1.64. The van der Waals surface area contributed by atoms with Crippen LogP contribution in [-0.4, -0.2) is 45.0 Å². The van der Waals surface area contributed by atoms with Gasteiger partial charge < -0.3 is 9.47 Å². The summed E-state index contributed by atoms with van der Waals surface area (Å²) < 4.78 is 39.7. The number of esters is 1. The summed E-state index contributed by atoms with van der Waals surface area (Å²) in [5, 5.41) is 0.411. The molecule has 4 rings (SSSR count). The van der Waals surface area contributed by atoms with Gasteiger partial charge in [-0.15, -0.1) is 0 Å². The van der Waals surface area contributed by atoms with Crippen LogP contribution in [0.15, 0.2) is 35.5 Å². The number of thioether (sulfide) groups is 1. The number of para-hydroxylation sites is 2. The van der Waals surface area contributed by atoms with Crippen LogP contribution in [0.1, 0.15) is 37.9 Å². The van der Waals surface area contributed by atoms with Crippen molar-refractivity contribution in [1.29, 1.82) is 0 Å². The third kappa shape index (κ3) is 4.48. The van der Waals surface area contributed by atoms with E-state index in [0.29, 0.717) is 47.8 Å². The molecule has 7 nitrogen and oxygen atoms in total. The lowest BCUT2D eigenvalue weighted by molar-refractivity contribution is -0.147. The molecule has 0 bridgehead atoms. The standard InChI is InChI=1S/C21H22F2N4O3S/c1-29-20(28)12-7-9-13(10-8-12)30-17-11-16(25-21(26-17)31-2)27-15-6-4-3-5-14(15)24-19(27)18(22)23/h3-6,11-13,18H,7-10H2,1-2H3/t12-,13-. The number of fused-ring (bicyclic) bond motifs is 1. The van der Waals surface area contributed by atoms with Crippen LogP contribution in [0, 0.1) is 5.92 Å². The van der Waals surface area contributed by atoms with E-state index in [-0.39, 0.29) is 29.6 Å². The van der Waals surface area contributed by atoms with Crippen molar-refractivity contribution in [3.8, 4) is 11.7 Å². The van der Waals surface area contributed by atoms with Gasteiger partial charge in [-0.25, -0.2) is 18.7 Å². The topological polar surface area (TPSA) is 79.1 Å². The minimum Gasteiger partial charge on any atom is -0.474 e. The van der Waals surface area contributed by atoms with Gasteiger partial charge in [0.1, 0.15) is 11.9 Å². The van der Waals surface area contributed by atoms with Crippen LogP contribution >= 0.6 is 11.8 Å². The zero-order valence-electron chi connectivity index (χ0n) is 17.1. The van der Waals surface area contributed by atoms with Crippen molar-refractivity contribution in [2.45, 2.75) is 43.4 Å². The number of nitrogens with zero attached hydrogens (tertiary/aromatic N) is 4. The fourth-order valence-corrected chi connectivity index (χ4v) is 4.21. The van der Waals surface area contributed by atoms with Crippen molar-refractivity contribution in [1.82, 2.24) is 19.5 Å². The van der Waals surface area contributed by atoms with Crippen molar-refractivity contribution in [3.05, 3.63) is 36.2 Å². The van der Waals surface area contributed by atoms with E-state index in [1.807, 2.05) is 6.26 Å². The summed E-state index contributed by atoms with van der Waals surface area (Å²) in [6.45, 7) is 0. The molecule has 0 aliphatic heterocycles. The number of halogens is 2. The lowest BCUT2D eigenvalue weighted by Crippen LogP contribution is -2.28. The SMILES string of the molecule is COC(=O)[C@H]1CC[C@H](Oc2cc(-n3c(C(F)F)nc4ccccc43)nc(SC)n2)CC1. The van der Waals surface area contributed by atoms with Gasteiger partial charge in [0.2, 0.25) is 5.88 Å². The maximum Gasteiger partial charge on any atom is 0.308 e. The van der Waals surface area contributed by atoms with E-state index < -0.39 is 6.43 Å². The number of aromatic nitrogens is 4. The third-order valence-corrected chi connectivity index (χ3v) is 5.91. The van der Waals surface area contributed by atoms with Crippen molar-refractivity contribution in [3.63, 3.8) is 0 Å². The number of methoxy groups -OCH3 is 1. The van der Waals surface area contributed by atoms with Gasteiger partial charge in [0.05, 0.1) is 24.1 Å². The van der Waals surface area contributed by atoms with Gasteiger partial charge in [0.25, 0.3) is 6.43 Å². The molecule has 0 radical (unpaired) electrons. The van der Waals surface area contributed by atoms with Gasteiger partial charge in [0.15, 0.2) is 11.0 Å². The molecule has 2 heterocycles. The first-order valence-electron chi connectivity index (χ1n) is 9.93. The Morgan fingerprint density at radius 2 is 1.90 bits per heavy atom. The van der Waals surface area contributed by atoms with Gasteiger partial charge in [-0.1, -0.05) is 23.9 Å². The van der Waals surface area contributed by atoms with Crippen LogP contribution in [0.3, 0.4) is 0 Å². The number of hydrogen-bond acceptors (Lipinski definition) is 7. The Bertz CT molecular complexity index is 1080. The Morgan fingerprint density at radius 3 is 2.58 bits per heavy atom. The fourth-order valence-electron chi connectivity index (χ4n) is 3.84. The van der Waals surface area contributed by atoms with Gasteiger partial charge >= 0.3 is 5.97 Å². The second-order valence-corrected chi connectivity index (χ2v) is 8.03. The van der Waals surface area contributed by atoms with Crippen LogP contribution in [0.25, 0.3) is 16.9 Å². The number of rotatable bonds is 6. The highest BCUT2D eigenvalue weighted by Crippen LogP contribution is 2.31. The van der Waals surface area contributed by atoms with Gasteiger partial charge in [-0.2, -0.15) is 4.98 Å². The number of ether oxygens (including phenoxy) is 2. The first-order valence-corrected chi connectivity index (χ1v) is 11.2. The van der Waals surface area contributed by atoms with Gasteiger partial charge in [0, 0.05) is 6.07 Å². The van der Waals surface area contributed by atoms with E-state index >= 15 is 0 Å². The summed E-state index contributed by atoms with van der Waals surface area (Å²) in [4.78, 5) is 24.6. The maximum atomic E-state index is 13.7. The molecule has 2 aromatic heterocycles. The first kappa shape index (κ1) is 21.5. The molecule has 0 saturated heterocycles. The monoisotopic (exact) mass is 448 g/mol. The molecule has 0 N–H and O–H groups in total. The molecule has 1 fully saturated rings. The van der Waals surface area contributed by atoms with E-state index in [1.165, 1.54) is 23.4 Å². The average molecular weight is 448 g/mol. The average Bonchev–Trinajstić information content (AvgIpc) is 3.19. The van der Waals surface area contributed by atoms with Crippen molar-refractivity contribution in [2.75, 3.05) is 13.4 Å². The predicted octanol–water partition coefficient (Wildman–Crippen LogP) is 4.59. The first-order chi connectivity index (χ1) is 15.0. The number of imidazole rings is 1. The molecule has 0 amide bonds. The van der Waals surface area contributed by atoms with Crippen LogP contribution in [0.4, 0.5) is 8.78 Å². The molecule has 1 aliphatic rings. The maximum absolute atomic E-state index is 13.7. The van der Waals surface area contributed by atoms with E-state index in [9.17, 15) is 13.6 Å². The zero-order valence-corrected chi connectivity index (χ0v) is 17.9. The summed E-state index contributed by atoms with van der Waals surface area (Å²) >= 11 is 1.30. The van der Waals surface area contributed by atoms with E-state index in [2.05, 4.69) is 15.0 Å². The molecule has 1 aromatic carbocycles. The quantitative estimate of drug-likeness (QED) is 0.310. The third-order valence-electron chi connectivity index (χ3n) is 5.36. The van der Waals surface area contributed by atoms with Crippen molar-refractivity contribution < 1.29 is 23.0 Å². The minimum absolute atomic E-state index is 0.113. The van der Waals surface area contributed by atoms with Crippen LogP contribution < -0.4 is 4.74 Å². The highest BCUT2D eigenvalue weighted by atomic mass is 32.2.